The summed E-state index contributed by atoms with van der Waals surface area (Å²) in [5.74, 6) is 0.534. The standard InChI is InChI=1S/C11H13N3O2/c1-9-10(2-7-16-9)11(15)13-4-6-14-5-3-12-8-14/h2-3,5,7-8H,4,6H2,1H3,(H,13,15). The van der Waals surface area contributed by atoms with Gasteiger partial charge >= 0.3 is 0 Å². The Morgan fingerprint density at radius 3 is 3.12 bits per heavy atom. The van der Waals surface area contributed by atoms with Crippen LogP contribution in [0.1, 0.15) is 16.1 Å². The number of amides is 1. The highest BCUT2D eigenvalue weighted by Gasteiger charge is 2.09. The topological polar surface area (TPSA) is 60.1 Å². The highest BCUT2D eigenvalue weighted by molar-refractivity contribution is 5.94. The van der Waals surface area contributed by atoms with Gasteiger partial charge in [-0.05, 0) is 13.0 Å². The van der Waals surface area contributed by atoms with Gasteiger partial charge in [-0.1, -0.05) is 0 Å². The second-order valence-corrected chi connectivity index (χ2v) is 3.45. The average Bonchev–Trinajstić information content (AvgIpc) is 2.88. The van der Waals surface area contributed by atoms with Crippen molar-refractivity contribution in [3.8, 4) is 0 Å². The van der Waals surface area contributed by atoms with Crippen LogP contribution < -0.4 is 5.32 Å². The first-order chi connectivity index (χ1) is 7.77. The zero-order valence-electron chi connectivity index (χ0n) is 9.01. The Hall–Kier alpha value is -2.04. The summed E-state index contributed by atoms with van der Waals surface area (Å²) in [5.41, 5.74) is 0.589. The van der Waals surface area contributed by atoms with Crippen molar-refractivity contribution in [3.05, 3.63) is 42.4 Å². The summed E-state index contributed by atoms with van der Waals surface area (Å²) < 4.78 is 6.97. The lowest BCUT2D eigenvalue weighted by atomic mass is 10.2. The monoisotopic (exact) mass is 219 g/mol. The molecule has 0 fully saturated rings. The molecule has 0 spiro atoms. The van der Waals surface area contributed by atoms with Crippen LogP contribution in [0.2, 0.25) is 0 Å². The quantitative estimate of drug-likeness (QED) is 0.840. The van der Waals surface area contributed by atoms with Gasteiger partial charge in [-0.3, -0.25) is 4.79 Å². The minimum Gasteiger partial charge on any atom is -0.469 e. The lowest BCUT2D eigenvalue weighted by molar-refractivity contribution is 0.0951. The molecule has 0 aromatic carbocycles. The molecule has 84 valence electrons. The van der Waals surface area contributed by atoms with E-state index in [4.69, 9.17) is 4.42 Å². The van der Waals surface area contributed by atoms with E-state index in [9.17, 15) is 4.79 Å². The molecule has 2 aromatic heterocycles. The number of carbonyl (C=O) groups is 1. The number of nitrogens with one attached hydrogen (secondary N) is 1. The number of aromatic nitrogens is 2. The summed E-state index contributed by atoms with van der Waals surface area (Å²) >= 11 is 0. The molecule has 0 aliphatic heterocycles. The fourth-order valence-corrected chi connectivity index (χ4v) is 1.43. The molecule has 0 unspecified atom stereocenters. The molecule has 0 saturated heterocycles. The van der Waals surface area contributed by atoms with Crippen LogP contribution in [-0.4, -0.2) is 22.0 Å². The number of hydrogen-bond acceptors (Lipinski definition) is 3. The first-order valence-electron chi connectivity index (χ1n) is 5.05. The summed E-state index contributed by atoms with van der Waals surface area (Å²) in [6, 6.07) is 1.67. The molecule has 0 bridgehead atoms. The van der Waals surface area contributed by atoms with Gasteiger partial charge in [0.1, 0.15) is 5.76 Å². The molecular formula is C11H13N3O2. The molecule has 2 heterocycles. The third-order valence-electron chi connectivity index (χ3n) is 2.32. The first-order valence-corrected chi connectivity index (χ1v) is 5.05. The molecule has 2 rings (SSSR count). The van der Waals surface area contributed by atoms with Crippen molar-refractivity contribution >= 4 is 5.91 Å². The zero-order chi connectivity index (χ0) is 11.4. The molecule has 0 radical (unpaired) electrons. The van der Waals surface area contributed by atoms with Gasteiger partial charge in [0, 0.05) is 25.5 Å². The Balaban J connectivity index is 1.83. The second kappa shape index (κ2) is 4.65. The lowest BCUT2D eigenvalue weighted by Gasteiger charge is -2.04. The van der Waals surface area contributed by atoms with Crippen molar-refractivity contribution in [2.45, 2.75) is 13.5 Å². The van der Waals surface area contributed by atoms with Crippen LogP contribution in [0.25, 0.3) is 0 Å². The van der Waals surface area contributed by atoms with E-state index in [1.54, 1.807) is 25.5 Å². The maximum absolute atomic E-state index is 11.7. The van der Waals surface area contributed by atoms with E-state index in [1.807, 2.05) is 10.8 Å². The van der Waals surface area contributed by atoms with E-state index in [0.717, 1.165) is 0 Å². The van der Waals surface area contributed by atoms with E-state index in [2.05, 4.69) is 10.3 Å². The van der Waals surface area contributed by atoms with E-state index >= 15 is 0 Å². The van der Waals surface area contributed by atoms with Gasteiger partial charge in [0.05, 0.1) is 18.2 Å². The number of aryl methyl sites for hydroxylation is 1. The molecule has 0 saturated carbocycles. The van der Waals surface area contributed by atoms with Gasteiger partial charge in [-0.15, -0.1) is 0 Å². The van der Waals surface area contributed by atoms with E-state index in [-0.39, 0.29) is 5.91 Å². The Labute approximate surface area is 93.1 Å². The maximum atomic E-state index is 11.7. The smallest absolute Gasteiger partial charge is 0.254 e. The minimum absolute atomic E-state index is 0.105. The summed E-state index contributed by atoms with van der Waals surface area (Å²) in [5, 5.41) is 2.82. The highest BCUT2D eigenvalue weighted by atomic mass is 16.3. The van der Waals surface area contributed by atoms with E-state index < -0.39 is 0 Å². The molecule has 0 aliphatic rings. The Morgan fingerprint density at radius 1 is 1.62 bits per heavy atom. The normalized spacial score (nSPS) is 10.3. The van der Waals surface area contributed by atoms with Crippen LogP contribution in [0.5, 0.6) is 0 Å². The second-order valence-electron chi connectivity index (χ2n) is 3.45. The maximum Gasteiger partial charge on any atom is 0.254 e. The SMILES string of the molecule is Cc1occc1C(=O)NCCn1ccnc1. The average molecular weight is 219 g/mol. The Kier molecular flexibility index (Phi) is 3.05. The fraction of sp³-hybridized carbons (Fsp3) is 0.273. The summed E-state index contributed by atoms with van der Waals surface area (Å²) in [4.78, 5) is 15.6. The van der Waals surface area contributed by atoms with Gasteiger partial charge in [0.25, 0.3) is 5.91 Å². The van der Waals surface area contributed by atoms with Gasteiger partial charge in [-0.2, -0.15) is 0 Å². The number of carbonyl (C=O) groups excluding carboxylic acids is 1. The lowest BCUT2D eigenvalue weighted by Crippen LogP contribution is -2.27. The molecular weight excluding hydrogens is 206 g/mol. The number of nitrogens with zero attached hydrogens (tertiary/aromatic N) is 2. The van der Waals surface area contributed by atoms with Crippen molar-refractivity contribution < 1.29 is 9.21 Å². The number of hydrogen-bond donors (Lipinski definition) is 1. The zero-order valence-corrected chi connectivity index (χ0v) is 9.01. The van der Waals surface area contributed by atoms with Crippen molar-refractivity contribution in [1.29, 1.82) is 0 Å². The molecule has 5 heteroatoms. The molecule has 16 heavy (non-hydrogen) atoms. The molecule has 1 amide bonds. The predicted molar refractivity (Wildman–Crippen MR) is 58.0 cm³/mol. The molecule has 1 N–H and O–H groups in total. The van der Waals surface area contributed by atoms with Crippen LogP contribution >= 0.6 is 0 Å². The van der Waals surface area contributed by atoms with Crippen LogP contribution in [-0.2, 0) is 6.54 Å². The number of imidazole rings is 1. The third-order valence-corrected chi connectivity index (χ3v) is 2.32. The van der Waals surface area contributed by atoms with Crippen molar-refractivity contribution in [2.24, 2.45) is 0 Å². The molecule has 5 nitrogen and oxygen atoms in total. The predicted octanol–water partition coefficient (Wildman–Crippen LogP) is 1.21. The fourth-order valence-electron chi connectivity index (χ4n) is 1.43. The van der Waals surface area contributed by atoms with Gasteiger partial charge < -0.3 is 14.3 Å². The van der Waals surface area contributed by atoms with Crippen LogP contribution in [0.3, 0.4) is 0 Å². The summed E-state index contributed by atoms with van der Waals surface area (Å²) in [6.45, 7) is 3.05. The highest BCUT2D eigenvalue weighted by Crippen LogP contribution is 2.07. The van der Waals surface area contributed by atoms with Crippen LogP contribution in [0, 0.1) is 6.92 Å². The number of furan rings is 1. The summed E-state index contributed by atoms with van der Waals surface area (Å²) in [7, 11) is 0. The first kappa shape index (κ1) is 10.5. The van der Waals surface area contributed by atoms with Gasteiger partial charge in [0.2, 0.25) is 0 Å². The minimum atomic E-state index is -0.105. The molecule has 0 aliphatic carbocycles. The third kappa shape index (κ3) is 2.31. The largest absolute Gasteiger partial charge is 0.469 e. The van der Waals surface area contributed by atoms with E-state index in [1.165, 1.54) is 6.26 Å². The van der Waals surface area contributed by atoms with E-state index in [0.29, 0.717) is 24.4 Å². The van der Waals surface area contributed by atoms with Crippen molar-refractivity contribution in [1.82, 2.24) is 14.9 Å². The summed E-state index contributed by atoms with van der Waals surface area (Å²) in [6.07, 6.45) is 6.80. The Bertz CT molecular complexity index is 459. The van der Waals surface area contributed by atoms with Gasteiger partial charge in [0.15, 0.2) is 0 Å². The van der Waals surface area contributed by atoms with Crippen molar-refractivity contribution in [2.75, 3.05) is 6.54 Å². The number of rotatable bonds is 4. The van der Waals surface area contributed by atoms with Crippen LogP contribution in [0.4, 0.5) is 0 Å². The van der Waals surface area contributed by atoms with Crippen molar-refractivity contribution in [3.63, 3.8) is 0 Å². The van der Waals surface area contributed by atoms with Gasteiger partial charge in [-0.25, -0.2) is 4.98 Å². The van der Waals surface area contributed by atoms with Crippen LogP contribution in [0.15, 0.2) is 35.5 Å². The Morgan fingerprint density at radius 2 is 2.50 bits per heavy atom. The molecule has 0 atom stereocenters. The molecule has 2 aromatic rings.